The Kier molecular flexibility index (Phi) is 3.31. The van der Waals surface area contributed by atoms with Crippen LogP contribution in [0.5, 0.6) is 0 Å². The zero-order chi connectivity index (χ0) is 17.8. The number of thiophene rings is 1. The van der Waals surface area contributed by atoms with Crippen LogP contribution in [0.2, 0.25) is 0 Å². The summed E-state index contributed by atoms with van der Waals surface area (Å²) in [6.07, 6.45) is 5.20. The topological polar surface area (TPSA) is 63.9 Å². The van der Waals surface area contributed by atoms with Crippen molar-refractivity contribution in [2.45, 2.75) is 0 Å². The van der Waals surface area contributed by atoms with Gasteiger partial charge < -0.3 is 4.90 Å². The highest BCUT2D eigenvalue weighted by molar-refractivity contribution is 7.25. The summed E-state index contributed by atoms with van der Waals surface area (Å²) in [5.74, 6) is 0. The molecular weight excluding hydrogens is 366 g/mol. The number of nitrogens with zero attached hydrogens (tertiary/aromatic N) is 5. The molecule has 4 heterocycles. The van der Waals surface area contributed by atoms with Crippen molar-refractivity contribution in [3.63, 3.8) is 0 Å². The van der Waals surface area contributed by atoms with E-state index in [0.29, 0.717) is 4.70 Å². The predicted molar refractivity (Wildman–Crippen MR) is 108 cm³/mol. The highest BCUT2D eigenvalue weighted by Crippen LogP contribution is 2.35. The third-order valence-electron chi connectivity index (χ3n) is 4.34. The fraction of sp³-hybridized carbons (Fsp3) is 0.111. The van der Waals surface area contributed by atoms with E-state index in [-0.39, 0.29) is 5.56 Å². The predicted octanol–water partition coefficient (Wildman–Crippen LogP) is 3.67. The molecule has 0 aliphatic heterocycles. The first kappa shape index (κ1) is 15.4. The van der Waals surface area contributed by atoms with Gasteiger partial charge in [0.15, 0.2) is 0 Å². The largest absolute Gasteiger partial charge is 0.376 e. The minimum absolute atomic E-state index is 0.0736. The minimum atomic E-state index is -0.0736. The molecule has 6 nitrogen and oxygen atoms in total. The molecule has 0 N–H and O–H groups in total. The molecule has 0 amide bonds. The monoisotopic (exact) mass is 379 g/mol. The van der Waals surface area contributed by atoms with E-state index in [0.717, 1.165) is 37.2 Å². The molecule has 8 heteroatoms. The van der Waals surface area contributed by atoms with Crippen molar-refractivity contribution < 1.29 is 0 Å². The van der Waals surface area contributed by atoms with E-state index in [4.69, 9.17) is 0 Å². The second-order valence-electron chi connectivity index (χ2n) is 6.13. The van der Waals surface area contributed by atoms with Gasteiger partial charge in [0.05, 0.1) is 43.5 Å². The Hall–Kier alpha value is -2.84. The second-order valence-corrected chi connectivity index (χ2v) is 8.07. The van der Waals surface area contributed by atoms with E-state index in [2.05, 4.69) is 15.0 Å². The zero-order valence-electron chi connectivity index (χ0n) is 14.0. The molecule has 0 saturated heterocycles. The molecule has 5 aromatic rings. The van der Waals surface area contributed by atoms with Gasteiger partial charge in [-0.3, -0.25) is 14.3 Å². The lowest BCUT2D eigenvalue weighted by molar-refractivity contribution is 0.969. The number of thiazole rings is 1. The van der Waals surface area contributed by atoms with Crippen molar-refractivity contribution in [1.29, 1.82) is 0 Å². The van der Waals surface area contributed by atoms with Gasteiger partial charge >= 0.3 is 0 Å². The van der Waals surface area contributed by atoms with E-state index >= 15 is 0 Å². The number of anilines is 1. The Morgan fingerprint density at radius 1 is 1.12 bits per heavy atom. The molecule has 0 atom stereocenters. The summed E-state index contributed by atoms with van der Waals surface area (Å²) in [5, 5.41) is 0.976. The Morgan fingerprint density at radius 3 is 2.85 bits per heavy atom. The number of fused-ring (bicyclic) bond motifs is 4. The maximum Gasteiger partial charge on any atom is 0.275 e. The molecule has 26 heavy (non-hydrogen) atoms. The summed E-state index contributed by atoms with van der Waals surface area (Å²) in [6, 6.07) is 5.83. The smallest absolute Gasteiger partial charge is 0.275 e. The molecule has 0 aliphatic carbocycles. The Labute approximate surface area is 156 Å². The Morgan fingerprint density at radius 2 is 2.00 bits per heavy atom. The fourth-order valence-electron chi connectivity index (χ4n) is 3.08. The van der Waals surface area contributed by atoms with E-state index in [1.165, 1.54) is 11.3 Å². The van der Waals surface area contributed by atoms with Crippen LogP contribution in [-0.2, 0) is 0 Å². The van der Waals surface area contributed by atoms with Crippen LogP contribution in [0.4, 0.5) is 5.69 Å². The summed E-state index contributed by atoms with van der Waals surface area (Å²) >= 11 is 3.02. The summed E-state index contributed by atoms with van der Waals surface area (Å²) in [4.78, 5) is 28.4. The highest BCUT2D eigenvalue weighted by Gasteiger charge is 2.16. The molecule has 0 aliphatic rings. The summed E-state index contributed by atoms with van der Waals surface area (Å²) in [6.45, 7) is 0. The van der Waals surface area contributed by atoms with Gasteiger partial charge in [-0.05, 0) is 18.2 Å². The maximum atomic E-state index is 13.1. The Balaban J connectivity index is 1.81. The third kappa shape index (κ3) is 2.16. The van der Waals surface area contributed by atoms with Crippen molar-refractivity contribution >= 4 is 58.9 Å². The summed E-state index contributed by atoms with van der Waals surface area (Å²) in [5.41, 5.74) is 5.08. The average molecular weight is 379 g/mol. The van der Waals surface area contributed by atoms with Gasteiger partial charge in [-0.1, -0.05) is 0 Å². The number of benzene rings is 1. The van der Waals surface area contributed by atoms with Gasteiger partial charge in [-0.15, -0.1) is 22.7 Å². The van der Waals surface area contributed by atoms with Crippen LogP contribution in [0.3, 0.4) is 0 Å². The maximum absolute atomic E-state index is 13.1. The van der Waals surface area contributed by atoms with Crippen LogP contribution in [0, 0.1) is 0 Å². The fourth-order valence-corrected chi connectivity index (χ4v) is 4.82. The van der Waals surface area contributed by atoms with E-state index < -0.39 is 0 Å². The van der Waals surface area contributed by atoms with Gasteiger partial charge in [-0.25, -0.2) is 9.97 Å². The number of aromatic nitrogens is 4. The molecule has 0 radical (unpaired) electrons. The lowest BCUT2D eigenvalue weighted by atomic mass is 10.2. The first-order valence-electron chi connectivity index (χ1n) is 7.92. The van der Waals surface area contributed by atoms with Crippen LogP contribution < -0.4 is 10.5 Å². The van der Waals surface area contributed by atoms with Crippen LogP contribution >= 0.6 is 22.7 Å². The highest BCUT2D eigenvalue weighted by atomic mass is 32.1. The second kappa shape index (κ2) is 5.58. The molecule has 0 bridgehead atoms. The van der Waals surface area contributed by atoms with Gasteiger partial charge in [0.2, 0.25) is 0 Å². The van der Waals surface area contributed by atoms with Crippen molar-refractivity contribution in [2.75, 3.05) is 19.0 Å². The molecule has 128 valence electrons. The summed E-state index contributed by atoms with van der Waals surface area (Å²) < 4.78 is 4.28. The van der Waals surface area contributed by atoms with Gasteiger partial charge in [0, 0.05) is 25.7 Å². The van der Waals surface area contributed by atoms with Gasteiger partial charge in [-0.2, -0.15) is 0 Å². The SMILES string of the molecule is CN(C)c1cncc2sc3c(=O)n(-c4ccc5scnc5c4)cnc3c12. The van der Waals surface area contributed by atoms with Gasteiger partial charge in [0.1, 0.15) is 11.0 Å². The van der Waals surface area contributed by atoms with E-state index in [1.807, 2.05) is 37.2 Å². The molecular formula is C18H13N5OS2. The quantitative estimate of drug-likeness (QED) is 0.468. The van der Waals surface area contributed by atoms with Crippen molar-refractivity contribution in [2.24, 2.45) is 0 Å². The third-order valence-corrected chi connectivity index (χ3v) is 6.26. The van der Waals surface area contributed by atoms with E-state index in [1.54, 1.807) is 40.1 Å². The lowest BCUT2D eigenvalue weighted by Crippen LogP contribution is -2.17. The van der Waals surface area contributed by atoms with Crippen molar-refractivity contribution in [1.82, 2.24) is 19.5 Å². The molecule has 0 saturated carbocycles. The van der Waals surface area contributed by atoms with Gasteiger partial charge in [0.25, 0.3) is 5.56 Å². The Bertz CT molecular complexity index is 1350. The molecule has 0 unspecified atom stereocenters. The normalized spacial score (nSPS) is 11.6. The standard InChI is InChI=1S/C18H13N5OS2/c1-22(2)12-6-19-7-14-15(12)16-17(26-14)18(24)23(8-20-16)10-3-4-13-11(5-10)21-9-25-13/h3-9H,1-2H3. The number of pyridine rings is 1. The zero-order valence-corrected chi connectivity index (χ0v) is 15.6. The number of hydrogen-bond acceptors (Lipinski definition) is 7. The van der Waals surface area contributed by atoms with Crippen LogP contribution in [0.1, 0.15) is 0 Å². The average Bonchev–Trinajstić information content (AvgIpc) is 3.25. The minimum Gasteiger partial charge on any atom is -0.376 e. The molecule has 1 aromatic carbocycles. The first-order chi connectivity index (χ1) is 12.6. The lowest BCUT2D eigenvalue weighted by Gasteiger charge is -2.13. The van der Waals surface area contributed by atoms with E-state index in [9.17, 15) is 4.79 Å². The van der Waals surface area contributed by atoms with Crippen LogP contribution in [0.15, 0.2) is 47.2 Å². The first-order valence-corrected chi connectivity index (χ1v) is 9.62. The van der Waals surface area contributed by atoms with Crippen molar-refractivity contribution in [3.8, 4) is 5.69 Å². The van der Waals surface area contributed by atoms with Crippen LogP contribution in [-0.4, -0.2) is 33.6 Å². The molecule has 0 fully saturated rings. The number of rotatable bonds is 2. The summed E-state index contributed by atoms with van der Waals surface area (Å²) in [7, 11) is 3.93. The molecule has 0 spiro atoms. The van der Waals surface area contributed by atoms with Crippen LogP contribution in [0.25, 0.3) is 36.2 Å². The molecule has 4 aromatic heterocycles. The number of hydrogen-bond donors (Lipinski definition) is 0. The molecule has 5 rings (SSSR count). The van der Waals surface area contributed by atoms with Crippen molar-refractivity contribution in [3.05, 3.63) is 52.8 Å².